The van der Waals surface area contributed by atoms with Crippen molar-refractivity contribution < 1.29 is 34.9 Å². The molecule has 0 heterocycles. The summed E-state index contributed by atoms with van der Waals surface area (Å²) >= 11 is 0. The summed E-state index contributed by atoms with van der Waals surface area (Å²) in [5, 5.41) is 7.57. The SMILES string of the molecule is CCO.[Cl-].[Cr]. The molecule has 0 fully saturated rings. The monoisotopic (exact) mass is 133 g/mol. The van der Waals surface area contributed by atoms with Gasteiger partial charge in [-0.3, -0.25) is 0 Å². The molecule has 0 bridgehead atoms. The molecule has 0 aliphatic rings. The fraction of sp³-hybridized carbons (Fsp3) is 1.00. The van der Waals surface area contributed by atoms with Crippen molar-refractivity contribution in [1.82, 2.24) is 0 Å². The van der Waals surface area contributed by atoms with E-state index in [-0.39, 0.29) is 36.4 Å². The fourth-order valence-corrected chi connectivity index (χ4v) is 0. The molecule has 3 heteroatoms. The first-order chi connectivity index (χ1) is 1.41. The van der Waals surface area contributed by atoms with E-state index in [9.17, 15) is 0 Å². The topological polar surface area (TPSA) is 20.2 Å². The Morgan fingerprint density at radius 3 is 1.60 bits per heavy atom. The minimum atomic E-state index is 0. The van der Waals surface area contributed by atoms with Crippen molar-refractivity contribution in [2.45, 2.75) is 6.92 Å². The molecule has 5 heavy (non-hydrogen) atoms. The van der Waals surface area contributed by atoms with Crippen molar-refractivity contribution in [2.75, 3.05) is 6.61 Å². The third-order valence-corrected chi connectivity index (χ3v) is 0. The maximum Gasteiger partial charge on any atom is 0.0402 e. The van der Waals surface area contributed by atoms with Crippen LogP contribution >= 0.6 is 0 Å². The van der Waals surface area contributed by atoms with E-state index in [1.807, 2.05) is 0 Å². The molecule has 0 rings (SSSR count). The van der Waals surface area contributed by atoms with E-state index < -0.39 is 0 Å². The zero-order valence-corrected chi connectivity index (χ0v) is 4.97. The Labute approximate surface area is 48.9 Å². The molecule has 0 atom stereocenters. The van der Waals surface area contributed by atoms with Crippen LogP contribution < -0.4 is 12.4 Å². The van der Waals surface area contributed by atoms with Gasteiger partial charge < -0.3 is 17.5 Å². The second kappa shape index (κ2) is 21.5. The zero-order chi connectivity index (χ0) is 2.71. The maximum atomic E-state index is 7.57. The molecule has 0 aromatic carbocycles. The van der Waals surface area contributed by atoms with Crippen LogP contribution in [0, 0.1) is 0 Å². The molecule has 34 valence electrons. The third-order valence-electron chi connectivity index (χ3n) is 0. The van der Waals surface area contributed by atoms with Crippen LogP contribution in [0.2, 0.25) is 0 Å². The van der Waals surface area contributed by atoms with Crippen LogP contribution in [-0.4, -0.2) is 11.7 Å². The Bertz CT molecular complexity index is 9.61. The minimum Gasteiger partial charge on any atom is -1.00 e. The van der Waals surface area contributed by atoms with Crippen LogP contribution in [0.5, 0.6) is 0 Å². The molecule has 0 spiro atoms. The fourth-order valence-electron chi connectivity index (χ4n) is 0. The van der Waals surface area contributed by atoms with Crippen LogP contribution in [0.25, 0.3) is 0 Å². The quantitative estimate of drug-likeness (QED) is 0.374. The molecule has 1 nitrogen and oxygen atoms in total. The van der Waals surface area contributed by atoms with Gasteiger partial charge in [-0.05, 0) is 6.92 Å². The predicted molar refractivity (Wildman–Crippen MR) is 12.8 cm³/mol. The minimum absolute atomic E-state index is 0. The van der Waals surface area contributed by atoms with Gasteiger partial charge in [0.1, 0.15) is 0 Å². The van der Waals surface area contributed by atoms with E-state index in [0.717, 1.165) is 0 Å². The van der Waals surface area contributed by atoms with Crippen LogP contribution in [0.3, 0.4) is 0 Å². The smallest absolute Gasteiger partial charge is 0.0402 e. The van der Waals surface area contributed by atoms with Gasteiger partial charge in [0.15, 0.2) is 0 Å². The summed E-state index contributed by atoms with van der Waals surface area (Å²) < 4.78 is 0. The van der Waals surface area contributed by atoms with Crippen molar-refractivity contribution >= 4 is 0 Å². The van der Waals surface area contributed by atoms with Gasteiger partial charge in [-0.15, -0.1) is 0 Å². The zero-order valence-electron chi connectivity index (χ0n) is 2.94. The van der Waals surface area contributed by atoms with Gasteiger partial charge in [0.05, 0.1) is 0 Å². The Morgan fingerprint density at radius 1 is 1.60 bits per heavy atom. The largest absolute Gasteiger partial charge is 1.00 e. The van der Waals surface area contributed by atoms with E-state index in [2.05, 4.69) is 0 Å². The summed E-state index contributed by atoms with van der Waals surface area (Å²) in [6, 6.07) is 0. The summed E-state index contributed by atoms with van der Waals surface area (Å²) in [6.07, 6.45) is 0. The van der Waals surface area contributed by atoms with Gasteiger partial charge in [-0.25, -0.2) is 0 Å². The second-order valence-corrected chi connectivity index (χ2v) is 0.316. The van der Waals surface area contributed by atoms with E-state index in [1.54, 1.807) is 6.92 Å². The normalized spacial score (nSPS) is 3.60. The van der Waals surface area contributed by atoms with Gasteiger partial charge >= 0.3 is 0 Å². The first-order valence-corrected chi connectivity index (χ1v) is 1.02. The Morgan fingerprint density at radius 2 is 1.60 bits per heavy atom. The first kappa shape index (κ1) is 17.1. The molecule has 1 N–H and O–H groups in total. The van der Waals surface area contributed by atoms with E-state index in [0.29, 0.717) is 0 Å². The van der Waals surface area contributed by atoms with E-state index >= 15 is 0 Å². The molecule has 0 amide bonds. The summed E-state index contributed by atoms with van der Waals surface area (Å²) in [7, 11) is 0. The van der Waals surface area contributed by atoms with Crippen molar-refractivity contribution in [3.63, 3.8) is 0 Å². The molecule has 0 radical (unpaired) electrons. The van der Waals surface area contributed by atoms with Gasteiger partial charge in [0.2, 0.25) is 0 Å². The number of aliphatic hydroxyl groups is 1. The summed E-state index contributed by atoms with van der Waals surface area (Å²) in [5.74, 6) is 0. The van der Waals surface area contributed by atoms with Crippen LogP contribution in [-0.2, 0) is 17.4 Å². The molecule has 0 aromatic heterocycles. The molecule has 0 aliphatic heterocycles. The number of halogens is 1. The Balaban J connectivity index is -0.0000000200. The Hall–Kier alpha value is 0.782. The molecular weight excluding hydrogens is 127 g/mol. The van der Waals surface area contributed by atoms with Gasteiger partial charge in [0, 0.05) is 24.0 Å². The summed E-state index contributed by atoms with van der Waals surface area (Å²) in [6.45, 7) is 1.93. The van der Waals surface area contributed by atoms with Gasteiger partial charge in [0.25, 0.3) is 0 Å². The van der Waals surface area contributed by atoms with Crippen molar-refractivity contribution in [3.05, 3.63) is 0 Å². The van der Waals surface area contributed by atoms with E-state index in [4.69, 9.17) is 5.11 Å². The number of hydrogen-bond acceptors (Lipinski definition) is 1. The summed E-state index contributed by atoms with van der Waals surface area (Å²) in [5.41, 5.74) is 0. The number of rotatable bonds is 0. The Kier molecular flexibility index (Phi) is 73.6. The van der Waals surface area contributed by atoms with Crippen molar-refractivity contribution in [2.24, 2.45) is 0 Å². The third kappa shape index (κ3) is 60.5. The average Bonchev–Trinajstić information content (AvgIpc) is 0.918. The average molecular weight is 134 g/mol. The van der Waals surface area contributed by atoms with Crippen LogP contribution in [0.4, 0.5) is 0 Å². The second-order valence-electron chi connectivity index (χ2n) is 0.316. The molecule has 0 saturated carbocycles. The van der Waals surface area contributed by atoms with Crippen LogP contribution in [0.15, 0.2) is 0 Å². The number of hydrogen-bond donors (Lipinski definition) is 1. The molecule has 0 unspecified atom stereocenters. The summed E-state index contributed by atoms with van der Waals surface area (Å²) in [4.78, 5) is 0. The van der Waals surface area contributed by atoms with E-state index in [1.165, 1.54) is 0 Å². The molecule has 0 aliphatic carbocycles. The van der Waals surface area contributed by atoms with Crippen molar-refractivity contribution in [1.29, 1.82) is 0 Å². The van der Waals surface area contributed by atoms with Crippen molar-refractivity contribution in [3.8, 4) is 0 Å². The van der Waals surface area contributed by atoms with Gasteiger partial charge in [-0.1, -0.05) is 0 Å². The maximum absolute atomic E-state index is 7.57. The number of aliphatic hydroxyl groups excluding tert-OH is 1. The standard InChI is InChI=1S/C2H6O.ClH.Cr/c1-2-3;;/h3H,2H2,1H3;1H;/p-1. The molecule has 0 aromatic rings. The first-order valence-electron chi connectivity index (χ1n) is 1.02. The molecular formula is C2H6ClCrO-. The van der Waals surface area contributed by atoms with Gasteiger partial charge in [-0.2, -0.15) is 0 Å². The van der Waals surface area contributed by atoms with Crippen LogP contribution in [0.1, 0.15) is 6.92 Å². The molecule has 0 saturated heterocycles. The predicted octanol–water partition coefficient (Wildman–Crippen LogP) is -3.00.